The molecule has 1 aliphatic rings. The maximum atomic E-state index is 12.8. The van der Waals surface area contributed by atoms with E-state index in [9.17, 15) is 9.59 Å². The molecule has 0 unspecified atom stereocenters. The van der Waals surface area contributed by atoms with Crippen LogP contribution in [0.1, 0.15) is 18.4 Å². The van der Waals surface area contributed by atoms with Crippen LogP contribution >= 0.6 is 0 Å². The number of nitrogens with zero attached hydrogens (tertiary/aromatic N) is 5. The van der Waals surface area contributed by atoms with Crippen LogP contribution in [0.2, 0.25) is 0 Å². The molecular formula is C28H28N6O3. The van der Waals surface area contributed by atoms with Crippen molar-refractivity contribution in [3.05, 3.63) is 84.7 Å². The van der Waals surface area contributed by atoms with Gasteiger partial charge in [0.25, 0.3) is 5.91 Å². The lowest BCUT2D eigenvalue weighted by atomic mass is 9.97. The first-order valence-electron chi connectivity index (χ1n) is 12.3. The number of piperidine rings is 1. The molecule has 1 fully saturated rings. The molecule has 37 heavy (non-hydrogen) atoms. The average molecular weight is 497 g/mol. The van der Waals surface area contributed by atoms with E-state index in [0.29, 0.717) is 37.7 Å². The Morgan fingerprint density at radius 2 is 1.68 bits per heavy atom. The van der Waals surface area contributed by atoms with Gasteiger partial charge in [-0.1, -0.05) is 48.0 Å². The number of para-hydroxylation sites is 1. The van der Waals surface area contributed by atoms with Crippen molar-refractivity contribution in [2.24, 2.45) is 5.92 Å². The normalized spacial score (nSPS) is 13.8. The Morgan fingerprint density at radius 1 is 0.973 bits per heavy atom. The Labute approximate surface area is 215 Å². The highest BCUT2D eigenvalue weighted by Crippen LogP contribution is 2.25. The van der Waals surface area contributed by atoms with E-state index in [2.05, 4.69) is 15.3 Å². The predicted molar refractivity (Wildman–Crippen MR) is 140 cm³/mol. The summed E-state index contributed by atoms with van der Waals surface area (Å²) in [6, 6.07) is 21.2. The fourth-order valence-electron chi connectivity index (χ4n) is 4.30. The van der Waals surface area contributed by atoms with Crippen LogP contribution in [-0.4, -0.2) is 51.3 Å². The van der Waals surface area contributed by atoms with Crippen molar-refractivity contribution in [3.8, 4) is 16.9 Å². The summed E-state index contributed by atoms with van der Waals surface area (Å²) in [5.41, 5.74) is 3.63. The van der Waals surface area contributed by atoms with Gasteiger partial charge in [-0.15, -0.1) is 0 Å². The zero-order valence-corrected chi connectivity index (χ0v) is 20.6. The number of hydrogen-bond donors (Lipinski definition) is 1. The van der Waals surface area contributed by atoms with E-state index in [-0.39, 0.29) is 18.5 Å². The highest BCUT2D eigenvalue weighted by molar-refractivity contribution is 5.93. The van der Waals surface area contributed by atoms with E-state index in [1.54, 1.807) is 23.1 Å². The van der Waals surface area contributed by atoms with Gasteiger partial charge in [-0.05, 0) is 38.0 Å². The van der Waals surface area contributed by atoms with Crippen molar-refractivity contribution in [3.63, 3.8) is 0 Å². The van der Waals surface area contributed by atoms with Crippen LogP contribution in [0.4, 0.5) is 11.8 Å². The topological polar surface area (TPSA) is 102 Å². The third-order valence-electron chi connectivity index (χ3n) is 6.33. The summed E-state index contributed by atoms with van der Waals surface area (Å²) in [7, 11) is 0. The molecular weight excluding hydrogens is 468 g/mol. The molecule has 9 heteroatoms. The number of amides is 1. The van der Waals surface area contributed by atoms with Crippen molar-refractivity contribution in [2.45, 2.75) is 19.8 Å². The fourth-order valence-corrected chi connectivity index (χ4v) is 4.30. The van der Waals surface area contributed by atoms with Crippen LogP contribution in [0.15, 0.2) is 79.1 Å². The Balaban J connectivity index is 1.21. The van der Waals surface area contributed by atoms with E-state index < -0.39 is 5.91 Å². The van der Waals surface area contributed by atoms with Crippen LogP contribution < -0.4 is 10.2 Å². The summed E-state index contributed by atoms with van der Waals surface area (Å²) in [6.07, 6.45) is 4.66. The lowest BCUT2D eigenvalue weighted by Gasteiger charge is -2.30. The smallest absolute Gasteiger partial charge is 0.309 e. The van der Waals surface area contributed by atoms with Gasteiger partial charge in [-0.2, -0.15) is 5.10 Å². The number of hydrogen-bond acceptors (Lipinski definition) is 7. The van der Waals surface area contributed by atoms with Crippen molar-refractivity contribution >= 4 is 23.6 Å². The molecule has 0 radical (unpaired) electrons. The molecule has 2 aromatic heterocycles. The number of anilines is 2. The van der Waals surface area contributed by atoms with Crippen molar-refractivity contribution < 1.29 is 14.3 Å². The zero-order valence-electron chi connectivity index (χ0n) is 20.6. The number of aromatic nitrogens is 4. The first kappa shape index (κ1) is 24.2. The molecule has 0 atom stereocenters. The Morgan fingerprint density at radius 3 is 2.38 bits per heavy atom. The molecule has 1 saturated heterocycles. The summed E-state index contributed by atoms with van der Waals surface area (Å²) >= 11 is 0. The van der Waals surface area contributed by atoms with E-state index >= 15 is 0 Å². The third kappa shape index (κ3) is 5.83. The molecule has 9 nitrogen and oxygen atoms in total. The molecule has 5 rings (SSSR count). The highest BCUT2D eigenvalue weighted by atomic mass is 16.5. The summed E-state index contributed by atoms with van der Waals surface area (Å²) in [4.78, 5) is 36.0. The SMILES string of the molecule is Cc1ccc(-c2cc(NC(=O)COC(=O)C3CCN(c4ncccn4)CC3)n(-c3ccccc3)n2)cc1. The van der Waals surface area contributed by atoms with E-state index in [4.69, 9.17) is 9.84 Å². The van der Waals surface area contributed by atoms with Gasteiger partial charge >= 0.3 is 5.97 Å². The van der Waals surface area contributed by atoms with Crippen molar-refractivity contribution in [1.82, 2.24) is 19.7 Å². The molecule has 0 bridgehead atoms. The Bertz CT molecular complexity index is 1350. The summed E-state index contributed by atoms with van der Waals surface area (Å²) in [5, 5.41) is 7.57. The highest BCUT2D eigenvalue weighted by Gasteiger charge is 2.27. The van der Waals surface area contributed by atoms with Gasteiger partial charge in [0.15, 0.2) is 6.61 Å². The molecule has 1 aliphatic heterocycles. The quantitative estimate of drug-likeness (QED) is 0.385. The minimum Gasteiger partial charge on any atom is -0.455 e. The Kier molecular flexibility index (Phi) is 7.21. The molecule has 188 valence electrons. The minimum absolute atomic E-state index is 0.254. The van der Waals surface area contributed by atoms with Crippen LogP contribution in [0.3, 0.4) is 0 Å². The van der Waals surface area contributed by atoms with Gasteiger partial charge in [-0.25, -0.2) is 14.6 Å². The molecule has 2 aromatic carbocycles. The number of carbonyl (C=O) groups excluding carboxylic acids is 2. The molecule has 0 spiro atoms. The average Bonchev–Trinajstić information content (AvgIpc) is 3.36. The van der Waals surface area contributed by atoms with E-state index in [0.717, 1.165) is 22.5 Å². The molecule has 1 amide bonds. The lowest BCUT2D eigenvalue weighted by molar-refractivity contribution is -0.152. The van der Waals surface area contributed by atoms with Gasteiger partial charge in [0.05, 0.1) is 17.3 Å². The molecule has 0 saturated carbocycles. The van der Waals surface area contributed by atoms with Crippen molar-refractivity contribution in [1.29, 1.82) is 0 Å². The first-order valence-corrected chi connectivity index (χ1v) is 12.3. The Hall–Kier alpha value is -4.53. The standard InChI is InChI=1S/C28H28N6O3/c1-20-8-10-21(11-9-20)24-18-25(34(32-24)23-6-3-2-4-7-23)31-26(35)19-37-27(36)22-12-16-33(17-13-22)28-29-14-5-15-30-28/h2-11,14-15,18,22H,12-13,16-17,19H2,1H3,(H,31,35). The monoisotopic (exact) mass is 496 g/mol. The molecule has 1 N–H and O–H groups in total. The number of benzene rings is 2. The van der Waals surface area contributed by atoms with Gasteiger partial charge in [0, 0.05) is 37.1 Å². The minimum atomic E-state index is -0.420. The number of ether oxygens (including phenoxy) is 1. The summed E-state index contributed by atoms with van der Waals surface area (Å²) < 4.78 is 7.05. The fraction of sp³-hybridized carbons (Fsp3) is 0.250. The number of rotatable bonds is 7. The maximum Gasteiger partial charge on any atom is 0.309 e. The molecule has 3 heterocycles. The number of esters is 1. The second kappa shape index (κ2) is 11.0. The van der Waals surface area contributed by atoms with Crippen LogP contribution in [0, 0.1) is 12.8 Å². The van der Waals surface area contributed by atoms with Crippen LogP contribution in [0.5, 0.6) is 0 Å². The van der Waals surface area contributed by atoms with Gasteiger partial charge in [0.2, 0.25) is 5.95 Å². The van der Waals surface area contributed by atoms with Crippen molar-refractivity contribution in [2.75, 3.05) is 29.9 Å². The largest absolute Gasteiger partial charge is 0.455 e. The van der Waals surface area contributed by atoms with Crippen LogP contribution in [0.25, 0.3) is 16.9 Å². The second-order valence-electron chi connectivity index (χ2n) is 8.99. The van der Waals surface area contributed by atoms with Gasteiger partial charge in [-0.3, -0.25) is 9.59 Å². The number of aryl methyl sites for hydroxylation is 1. The summed E-state index contributed by atoms with van der Waals surface area (Å²) in [5.74, 6) is 0.125. The number of carbonyl (C=O) groups is 2. The third-order valence-corrected chi connectivity index (χ3v) is 6.33. The predicted octanol–water partition coefficient (Wildman–Crippen LogP) is 4.04. The van der Waals surface area contributed by atoms with E-state index in [1.165, 1.54) is 0 Å². The molecule has 0 aliphatic carbocycles. The number of nitrogens with one attached hydrogen (secondary N) is 1. The molecule has 4 aromatic rings. The van der Waals surface area contributed by atoms with Gasteiger partial charge in [0.1, 0.15) is 5.82 Å². The van der Waals surface area contributed by atoms with E-state index in [1.807, 2.05) is 72.5 Å². The maximum absolute atomic E-state index is 12.8. The zero-order chi connectivity index (χ0) is 25.6. The van der Waals surface area contributed by atoms with Crippen LogP contribution in [-0.2, 0) is 14.3 Å². The summed E-state index contributed by atoms with van der Waals surface area (Å²) in [6.45, 7) is 2.99. The second-order valence-corrected chi connectivity index (χ2v) is 8.99. The first-order chi connectivity index (χ1) is 18.1. The van der Waals surface area contributed by atoms with Gasteiger partial charge < -0.3 is 15.0 Å². The lowest BCUT2D eigenvalue weighted by Crippen LogP contribution is -2.38.